The number of aromatic nitrogens is 4. The van der Waals surface area contributed by atoms with Crippen LogP contribution >= 0.6 is 11.6 Å². The van der Waals surface area contributed by atoms with Gasteiger partial charge in [-0.3, -0.25) is 9.89 Å². The van der Waals surface area contributed by atoms with Gasteiger partial charge in [-0.15, -0.1) is 0 Å². The summed E-state index contributed by atoms with van der Waals surface area (Å²) in [5, 5.41) is 17.0. The van der Waals surface area contributed by atoms with E-state index in [4.69, 9.17) is 16.6 Å². The van der Waals surface area contributed by atoms with Gasteiger partial charge in [0.2, 0.25) is 11.9 Å². The molecule has 1 saturated carbocycles. The van der Waals surface area contributed by atoms with Gasteiger partial charge in [-0.05, 0) is 94.0 Å². The van der Waals surface area contributed by atoms with Crippen molar-refractivity contribution >= 4 is 57.2 Å². The van der Waals surface area contributed by atoms with E-state index >= 15 is 8.78 Å². The maximum Gasteiger partial charge on any atom is 0.267 e. The highest BCUT2D eigenvalue weighted by Crippen LogP contribution is 2.46. The zero-order valence-corrected chi connectivity index (χ0v) is 36.7. The molecule has 1 aliphatic carbocycles. The molecule has 4 aromatic rings. The van der Waals surface area contributed by atoms with E-state index < -0.39 is 23.7 Å². The molecular weight excluding hydrogens is 832 g/mol. The first-order valence-electron chi connectivity index (χ1n) is 22.3. The molecule has 0 radical (unpaired) electrons. The van der Waals surface area contributed by atoms with E-state index in [1.807, 2.05) is 12.1 Å². The number of fused-ring (bicyclic) bond motifs is 3. The van der Waals surface area contributed by atoms with Gasteiger partial charge in [0.25, 0.3) is 5.92 Å². The molecule has 6 aliphatic rings. The fourth-order valence-corrected chi connectivity index (χ4v) is 9.74. The summed E-state index contributed by atoms with van der Waals surface area (Å²) in [6.07, 6.45) is 10.7. The van der Waals surface area contributed by atoms with Crippen LogP contribution in [0.3, 0.4) is 0 Å². The molecule has 1 amide bonds. The van der Waals surface area contributed by atoms with Gasteiger partial charge in [0.05, 0.1) is 35.2 Å². The average Bonchev–Trinajstić information content (AvgIpc) is 4.11. The number of nitrogens with zero attached hydrogens (tertiary/aromatic N) is 6. The Bertz CT molecular complexity index is 2470. The molecule has 16 heteroatoms. The number of halogens is 5. The topological polar surface area (TPSA) is 117 Å². The fraction of sp³-hybridized carbons (Fsp3) is 0.489. The Morgan fingerprint density at radius 3 is 2.46 bits per heavy atom. The highest BCUT2D eigenvalue weighted by molar-refractivity contribution is 6.33. The molecule has 334 valence electrons. The number of carbonyl (C=O) groups is 1. The second-order valence-electron chi connectivity index (χ2n) is 18.1. The summed E-state index contributed by atoms with van der Waals surface area (Å²) in [6.45, 7) is 13.6. The average molecular weight is 887 g/mol. The van der Waals surface area contributed by atoms with Crippen molar-refractivity contribution in [2.24, 2.45) is 5.92 Å². The molecule has 63 heavy (non-hydrogen) atoms. The van der Waals surface area contributed by atoms with Crippen molar-refractivity contribution in [3.63, 3.8) is 0 Å². The number of nitrogens with one attached hydrogen (secondary N) is 4. The molecule has 10 rings (SSSR count). The maximum absolute atomic E-state index is 15.9. The van der Waals surface area contributed by atoms with Crippen LogP contribution in [0.5, 0.6) is 0 Å². The van der Waals surface area contributed by atoms with Crippen molar-refractivity contribution in [3.05, 3.63) is 94.1 Å². The summed E-state index contributed by atoms with van der Waals surface area (Å²) in [7, 11) is 1.75. The van der Waals surface area contributed by atoms with Crippen molar-refractivity contribution in [3.8, 4) is 0 Å². The number of alkyl halides is 2. The molecule has 0 spiro atoms. The van der Waals surface area contributed by atoms with E-state index in [-0.39, 0.29) is 47.0 Å². The normalized spacial score (nSPS) is 23.1. The number of amides is 1. The van der Waals surface area contributed by atoms with Crippen LogP contribution in [0.2, 0.25) is 5.02 Å². The number of aromatic amines is 1. The van der Waals surface area contributed by atoms with Crippen LogP contribution in [0, 0.1) is 17.6 Å². The van der Waals surface area contributed by atoms with Gasteiger partial charge in [-0.2, -0.15) is 10.1 Å². The molecule has 7 heterocycles. The lowest BCUT2D eigenvalue weighted by Crippen LogP contribution is -2.41. The van der Waals surface area contributed by atoms with E-state index in [1.54, 1.807) is 18.0 Å². The van der Waals surface area contributed by atoms with Crippen LogP contribution in [-0.4, -0.2) is 82.7 Å². The number of allylic oxidation sites excluding steroid dienone is 2. The number of hydrogen-bond acceptors (Lipinski definition) is 9. The van der Waals surface area contributed by atoms with Gasteiger partial charge in [-0.1, -0.05) is 56.2 Å². The minimum absolute atomic E-state index is 0.0923. The number of anilines is 4. The van der Waals surface area contributed by atoms with Gasteiger partial charge in [0.15, 0.2) is 11.6 Å². The first kappa shape index (κ1) is 43.1. The number of likely N-dealkylation sites (N-methyl/N-ethyl adjacent to an activating group) is 1. The van der Waals surface area contributed by atoms with E-state index in [1.165, 1.54) is 38.4 Å². The molecular formula is C47H55ClF4N10O. The zero-order valence-electron chi connectivity index (χ0n) is 35.9. The third-order valence-electron chi connectivity index (χ3n) is 13.7. The summed E-state index contributed by atoms with van der Waals surface area (Å²) < 4.78 is 61.3. The Kier molecular flexibility index (Phi) is 11.9. The standard InChI is InChI=1S/C44H49ClF4N10O.C3H6/c1-23-5-6-31(42(60)51-23)39-30-8-7-29(37(47)40(30)56-55-39)27-12-15-58(16-13-27)22-26-10-17-59(18-11-26)43-50-21-33(45)41(54-43)53-35-19-32-36(20-34(35)46)57(4)24(2)28-9-14-44(48,49)25(3)52-38(28)32;1-2-3-1/h7-8,19-21,25-27,31,52H,1-2,5-6,9-18,22H2,3-4H3,(H,51,60)(H,55,56)(H,50,53,54);1-3H2. The Morgan fingerprint density at radius 2 is 1.75 bits per heavy atom. The molecule has 11 nitrogen and oxygen atoms in total. The third kappa shape index (κ3) is 8.74. The van der Waals surface area contributed by atoms with E-state index in [0.29, 0.717) is 80.8 Å². The van der Waals surface area contributed by atoms with Crippen LogP contribution in [0.1, 0.15) is 106 Å². The van der Waals surface area contributed by atoms with Gasteiger partial charge in [0, 0.05) is 67.2 Å². The third-order valence-corrected chi connectivity index (χ3v) is 14.0. The Balaban J connectivity index is 0.00000161. The minimum atomic E-state index is -2.92. The minimum Gasteiger partial charge on any atom is -0.376 e. The number of benzene rings is 2. The largest absolute Gasteiger partial charge is 0.376 e. The number of hydrogen-bond donors (Lipinski definition) is 4. The first-order valence-corrected chi connectivity index (χ1v) is 22.7. The lowest BCUT2D eigenvalue weighted by molar-refractivity contribution is -0.122. The van der Waals surface area contributed by atoms with Crippen molar-refractivity contribution in [1.82, 2.24) is 35.7 Å². The van der Waals surface area contributed by atoms with Crippen molar-refractivity contribution in [2.45, 2.75) is 101 Å². The lowest BCUT2D eigenvalue weighted by atomic mass is 9.86. The summed E-state index contributed by atoms with van der Waals surface area (Å²) >= 11 is 6.56. The van der Waals surface area contributed by atoms with Crippen LogP contribution in [0.15, 0.2) is 60.6 Å². The highest BCUT2D eigenvalue weighted by atomic mass is 35.5. The highest BCUT2D eigenvalue weighted by Gasteiger charge is 2.42. The number of H-pyrrole nitrogens is 1. The summed E-state index contributed by atoms with van der Waals surface area (Å²) in [5.74, 6) is -3.02. The lowest BCUT2D eigenvalue weighted by Gasteiger charge is -2.38. The smallest absolute Gasteiger partial charge is 0.267 e. The fourth-order valence-electron chi connectivity index (χ4n) is 9.60. The number of carbonyl (C=O) groups excluding carboxylic acids is 1. The Hall–Kier alpha value is -5.15. The molecule has 3 saturated heterocycles. The molecule has 4 fully saturated rings. The number of likely N-dealkylation sites (tertiary alicyclic amines) is 1. The van der Waals surface area contributed by atoms with Crippen LogP contribution in [0.25, 0.3) is 16.6 Å². The van der Waals surface area contributed by atoms with E-state index in [9.17, 15) is 13.6 Å². The predicted octanol–water partition coefficient (Wildman–Crippen LogP) is 9.88. The van der Waals surface area contributed by atoms with Crippen LogP contribution in [0.4, 0.5) is 40.7 Å². The quantitative estimate of drug-likeness (QED) is 0.135. The van der Waals surface area contributed by atoms with Crippen molar-refractivity contribution in [2.75, 3.05) is 54.9 Å². The second kappa shape index (κ2) is 17.4. The monoisotopic (exact) mass is 886 g/mol. The van der Waals surface area contributed by atoms with E-state index in [0.717, 1.165) is 58.4 Å². The maximum atomic E-state index is 15.9. The molecule has 4 N–H and O–H groups in total. The molecule has 2 unspecified atom stereocenters. The van der Waals surface area contributed by atoms with Gasteiger partial charge in [-0.25, -0.2) is 22.5 Å². The molecule has 2 aromatic heterocycles. The number of rotatable bonds is 7. The van der Waals surface area contributed by atoms with Gasteiger partial charge < -0.3 is 30.7 Å². The number of piperidine rings is 3. The SMILES string of the molecule is C1CC1.C=C1CCC(c2[nH]nc3c(F)c(C4CCN(CC5CCN(c6ncc(Cl)c(Nc7cc8c(cc7F)N(C)C(=C)C7=C8NC(C)C(F)(F)CC7)n6)CC5)CC4)ccc23)C(=O)N1. The van der Waals surface area contributed by atoms with Gasteiger partial charge >= 0.3 is 0 Å². The Morgan fingerprint density at radius 1 is 1.00 bits per heavy atom. The van der Waals surface area contributed by atoms with Crippen molar-refractivity contribution < 1.29 is 22.4 Å². The van der Waals surface area contributed by atoms with Gasteiger partial charge in [0.1, 0.15) is 16.4 Å². The molecule has 2 aromatic carbocycles. The second-order valence-corrected chi connectivity index (χ2v) is 18.5. The zero-order chi connectivity index (χ0) is 44.2. The van der Waals surface area contributed by atoms with E-state index in [2.05, 4.69) is 54.1 Å². The molecule has 5 aliphatic heterocycles. The Labute approximate surface area is 370 Å². The molecule has 2 atom stereocenters. The summed E-state index contributed by atoms with van der Waals surface area (Å²) in [4.78, 5) is 28.2. The summed E-state index contributed by atoms with van der Waals surface area (Å²) in [5.41, 5.74) is 5.30. The summed E-state index contributed by atoms with van der Waals surface area (Å²) in [6, 6.07) is 5.64. The first-order chi connectivity index (χ1) is 30.3. The van der Waals surface area contributed by atoms with Crippen molar-refractivity contribution in [1.29, 1.82) is 0 Å². The van der Waals surface area contributed by atoms with Crippen LogP contribution < -0.4 is 25.8 Å². The predicted molar refractivity (Wildman–Crippen MR) is 240 cm³/mol. The van der Waals surface area contributed by atoms with Crippen LogP contribution in [-0.2, 0) is 4.79 Å². The molecule has 0 bridgehead atoms.